The maximum Gasteiger partial charge on any atom is 0.410 e. The van der Waals surface area contributed by atoms with Crippen molar-refractivity contribution in [2.45, 2.75) is 45.4 Å². The van der Waals surface area contributed by atoms with Crippen molar-refractivity contribution in [1.82, 2.24) is 9.80 Å². The van der Waals surface area contributed by atoms with E-state index in [2.05, 4.69) is 0 Å². The number of ether oxygens (including phenoxy) is 4. The molecule has 0 heterocycles. The first-order chi connectivity index (χ1) is 19.8. The zero-order valence-electron chi connectivity index (χ0n) is 24.2. The van der Waals surface area contributed by atoms with E-state index in [1.165, 1.54) is 26.2 Å². The fraction of sp³-hybridized carbons (Fsp3) is 0.484. The molecule has 1 saturated carbocycles. The average molecular weight is 569 g/mol. The lowest BCUT2D eigenvalue weighted by atomic mass is 9.92. The quantitative estimate of drug-likeness (QED) is 0.207. The smallest absolute Gasteiger partial charge is 0.410 e. The van der Waals surface area contributed by atoms with Crippen molar-refractivity contribution in [3.63, 3.8) is 0 Å². The summed E-state index contributed by atoms with van der Waals surface area (Å²) < 4.78 is 21.2. The molecule has 2 amide bonds. The Kier molecular flexibility index (Phi) is 12.0. The standard InChI is InChI=1S/C31H40N2O8/c1-5-6-17-40-30(36)32(2)27-24(18-25(28(34)38-3)26(27)29(35)39-4)20-33(19-22-13-9-7-10-14-22)31(37)41-21-23-15-11-8-12-16-23/h7-16,24-27H,5-6,17-21H2,1-4H3/t24-,25?,26-,27-/m0/s1. The van der Waals surface area contributed by atoms with Crippen LogP contribution in [-0.2, 0) is 41.7 Å². The first-order valence-corrected chi connectivity index (χ1v) is 13.8. The molecule has 3 rings (SSSR count). The van der Waals surface area contributed by atoms with E-state index in [0.717, 1.165) is 17.5 Å². The zero-order chi connectivity index (χ0) is 29.8. The Morgan fingerprint density at radius 2 is 1.44 bits per heavy atom. The Hall–Kier alpha value is -4.08. The van der Waals surface area contributed by atoms with E-state index in [1.807, 2.05) is 67.6 Å². The van der Waals surface area contributed by atoms with Crippen molar-refractivity contribution in [3.05, 3.63) is 71.8 Å². The van der Waals surface area contributed by atoms with Gasteiger partial charge < -0.3 is 28.7 Å². The summed E-state index contributed by atoms with van der Waals surface area (Å²) >= 11 is 0. The largest absolute Gasteiger partial charge is 0.469 e. The molecule has 0 N–H and O–H groups in total. The number of carbonyl (C=O) groups excluding carboxylic acids is 4. The summed E-state index contributed by atoms with van der Waals surface area (Å²) in [5.41, 5.74) is 1.71. The lowest BCUT2D eigenvalue weighted by Gasteiger charge is -2.34. The molecule has 1 aliphatic rings. The van der Waals surface area contributed by atoms with E-state index >= 15 is 0 Å². The van der Waals surface area contributed by atoms with Crippen LogP contribution in [0.5, 0.6) is 0 Å². The van der Waals surface area contributed by atoms with Crippen molar-refractivity contribution in [2.24, 2.45) is 17.8 Å². The predicted molar refractivity (Wildman–Crippen MR) is 150 cm³/mol. The molecule has 10 heteroatoms. The Bertz CT molecular complexity index is 1140. The minimum absolute atomic E-state index is 0.0816. The summed E-state index contributed by atoms with van der Waals surface area (Å²) in [6, 6.07) is 18.0. The molecule has 222 valence electrons. The molecule has 2 aromatic carbocycles. The highest BCUT2D eigenvalue weighted by Gasteiger charge is 2.54. The molecule has 41 heavy (non-hydrogen) atoms. The molecular weight excluding hydrogens is 528 g/mol. The van der Waals surface area contributed by atoms with Crippen LogP contribution in [-0.4, -0.2) is 74.4 Å². The highest BCUT2D eigenvalue weighted by atomic mass is 16.6. The average Bonchev–Trinajstić information content (AvgIpc) is 3.38. The number of hydrogen-bond donors (Lipinski definition) is 0. The van der Waals surface area contributed by atoms with E-state index < -0.39 is 47.9 Å². The van der Waals surface area contributed by atoms with Crippen molar-refractivity contribution in [2.75, 3.05) is 34.4 Å². The molecule has 0 aromatic heterocycles. The predicted octanol–water partition coefficient (Wildman–Crippen LogP) is 4.66. The summed E-state index contributed by atoms with van der Waals surface area (Å²) in [5.74, 6) is -3.57. The van der Waals surface area contributed by atoms with E-state index in [4.69, 9.17) is 18.9 Å². The van der Waals surface area contributed by atoms with Crippen molar-refractivity contribution >= 4 is 24.1 Å². The van der Waals surface area contributed by atoms with Gasteiger partial charge >= 0.3 is 24.1 Å². The van der Waals surface area contributed by atoms with Crippen molar-refractivity contribution < 1.29 is 38.1 Å². The molecule has 10 nitrogen and oxygen atoms in total. The molecule has 0 bridgehead atoms. The second-order valence-electron chi connectivity index (χ2n) is 10.2. The van der Waals surface area contributed by atoms with Gasteiger partial charge in [0.15, 0.2) is 0 Å². The van der Waals surface area contributed by atoms with Crippen LogP contribution < -0.4 is 0 Å². The van der Waals surface area contributed by atoms with Crippen LogP contribution in [0.1, 0.15) is 37.3 Å². The van der Waals surface area contributed by atoms with Crippen molar-refractivity contribution in [1.29, 1.82) is 0 Å². The molecule has 1 fully saturated rings. The summed E-state index contributed by atoms with van der Waals surface area (Å²) in [6.45, 7) is 2.64. The summed E-state index contributed by atoms with van der Waals surface area (Å²) in [5, 5.41) is 0. The molecular formula is C31H40N2O8. The molecule has 0 saturated heterocycles. The second-order valence-corrected chi connectivity index (χ2v) is 10.2. The van der Waals surface area contributed by atoms with E-state index in [1.54, 1.807) is 4.90 Å². The topological polar surface area (TPSA) is 112 Å². The number of methoxy groups -OCH3 is 2. The Balaban J connectivity index is 1.92. The highest BCUT2D eigenvalue weighted by molar-refractivity contribution is 5.84. The van der Waals surface area contributed by atoms with Gasteiger partial charge in [0.25, 0.3) is 0 Å². The number of benzene rings is 2. The third kappa shape index (κ3) is 8.45. The summed E-state index contributed by atoms with van der Waals surface area (Å²) in [4.78, 5) is 55.3. The lowest BCUT2D eigenvalue weighted by molar-refractivity contribution is -0.157. The fourth-order valence-corrected chi connectivity index (χ4v) is 5.35. The number of unbranched alkanes of at least 4 members (excludes halogenated alkanes) is 1. The van der Waals surface area contributed by atoms with Crippen LogP contribution in [0.15, 0.2) is 60.7 Å². The van der Waals surface area contributed by atoms with E-state index in [-0.39, 0.29) is 32.7 Å². The zero-order valence-corrected chi connectivity index (χ0v) is 24.2. The molecule has 1 unspecified atom stereocenters. The monoisotopic (exact) mass is 568 g/mol. The minimum atomic E-state index is -1.000. The van der Waals surface area contributed by atoms with Gasteiger partial charge in [-0.1, -0.05) is 74.0 Å². The van der Waals surface area contributed by atoms with Gasteiger partial charge in [0.05, 0.1) is 38.7 Å². The third-order valence-electron chi connectivity index (χ3n) is 7.41. The molecule has 0 aliphatic heterocycles. The molecule has 2 aromatic rings. The summed E-state index contributed by atoms with van der Waals surface area (Å²) in [6.07, 6.45) is 0.560. The van der Waals surface area contributed by atoms with Gasteiger partial charge in [-0.15, -0.1) is 0 Å². The van der Waals surface area contributed by atoms with Crippen molar-refractivity contribution in [3.8, 4) is 0 Å². The number of esters is 2. The maximum absolute atomic E-state index is 13.5. The van der Waals surface area contributed by atoms with Crippen LogP contribution >= 0.6 is 0 Å². The number of hydrogen-bond acceptors (Lipinski definition) is 8. The lowest BCUT2D eigenvalue weighted by Crippen LogP contribution is -2.50. The SMILES string of the molecule is CCCCOC(=O)N(C)[C@H]1[C@H](CN(Cc2ccccc2)C(=O)OCc2ccccc2)CC(C(=O)OC)[C@@H]1C(=O)OC. The van der Waals surface area contributed by atoms with E-state index in [0.29, 0.717) is 6.42 Å². The van der Waals surface area contributed by atoms with Gasteiger partial charge in [-0.05, 0) is 29.9 Å². The van der Waals surface area contributed by atoms with Crippen LogP contribution in [0.4, 0.5) is 9.59 Å². The van der Waals surface area contributed by atoms with Gasteiger partial charge in [-0.25, -0.2) is 9.59 Å². The van der Waals surface area contributed by atoms with E-state index in [9.17, 15) is 19.2 Å². The van der Waals surface area contributed by atoms with Gasteiger partial charge in [0, 0.05) is 20.1 Å². The first kappa shape index (κ1) is 31.4. The Labute approximate surface area is 241 Å². The molecule has 4 atom stereocenters. The van der Waals surface area contributed by atoms with Crippen LogP contribution in [0, 0.1) is 17.8 Å². The number of carbonyl (C=O) groups is 4. The number of nitrogens with zero attached hydrogens (tertiary/aromatic N) is 2. The third-order valence-corrected chi connectivity index (χ3v) is 7.41. The van der Waals surface area contributed by atoms with Gasteiger partial charge in [0.1, 0.15) is 6.61 Å². The number of rotatable bonds is 12. The first-order valence-electron chi connectivity index (χ1n) is 13.8. The normalized spacial score (nSPS) is 19.6. The van der Waals surface area contributed by atoms with Crippen LogP contribution in [0.2, 0.25) is 0 Å². The van der Waals surface area contributed by atoms with Gasteiger partial charge in [0.2, 0.25) is 0 Å². The van der Waals surface area contributed by atoms with Gasteiger partial charge in [-0.2, -0.15) is 0 Å². The van der Waals surface area contributed by atoms with Crippen LogP contribution in [0.3, 0.4) is 0 Å². The minimum Gasteiger partial charge on any atom is -0.469 e. The summed E-state index contributed by atoms with van der Waals surface area (Å²) in [7, 11) is 4.03. The fourth-order valence-electron chi connectivity index (χ4n) is 5.35. The highest BCUT2D eigenvalue weighted by Crippen LogP contribution is 2.42. The number of amides is 2. The van der Waals surface area contributed by atoms with Crippen LogP contribution in [0.25, 0.3) is 0 Å². The Morgan fingerprint density at radius 3 is 2.02 bits per heavy atom. The Morgan fingerprint density at radius 1 is 0.829 bits per heavy atom. The molecule has 0 spiro atoms. The molecule has 0 radical (unpaired) electrons. The maximum atomic E-state index is 13.5. The second kappa shape index (κ2) is 15.6. The van der Waals surface area contributed by atoms with Gasteiger partial charge in [-0.3, -0.25) is 9.59 Å². The molecule has 1 aliphatic carbocycles.